The van der Waals surface area contributed by atoms with Crippen molar-refractivity contribution in [1.29, 1.82) is 0 Å². The van der Waals surface area contributed by atoms with Crippen molar-refractivity contribution in [2.75, 3.05) is 6.54 Å². The van der Waals surface area contributed by atoms with Gasteiger partial charge in [-0.3, -0.25) is 4.52 Å². The lowest BCUT2D eigenvalue weighted by Crippen LogP contribution is -2.34. The Kier molecular flexibility index (Phi) is 8.66. The molecule has 144 valence electrons. The highest BCUT2D eigenvalue weighted by Crippen LogP contribution is 2.31. The molecule has 6 nitrogen and oxygen atoms in total. The minimum absolute atomic E-state index is 0.0874. The van der Waals surface area contributed by atoms with E-state index in [2.05, 4.69) is 5.32 Å². The van der Waals surface area contributed by atoms with E-state index in [1.54, 1.807) is 18.2 Å². The maximum absolute atomic E-state index is 11.1. The fraction of sp³-hybridized carbons (Fsp3) is 0.632. The lowest BCUT2D eigenvalue weighted by atomic mass is 9.83. The van der Waals surface area contributed by atoms with Gasteiger partial charge in [-0.2, -0.15) is 0 Å². The highest BCUT2D eigenvalue weighted by Gasteiger charge is 2.27. The normalized spacial score (nSPS) is 19.2. The van der Waals surface area contributed by atoms with Crippen molar-refractivity contribution in [2.45, 2.75) is 63.7 Å². The first kappa shape index (κ1) is 21.0. The Morgan fingerprint density at radius 1 is 1.35 bits per heavy atom. The molecule has 0 amide bonds. The Morgan fingerprint density at radius 3 is 2.73 bits per heavy atom. The van der Waals surface area contributed by atoms with Crippen LogP contribution in [0.3, 0.4) is 0 Å². The van der Waals surface area contributed by atoms with E-state index in [9.17, 15) is 14.5 Å². The van der Waals surface area contributed by atoms with E-state index in [0.29, 0.717) is 18.9 Å². The van der Waals surface area contributed by atoms with Crippen molar-refractivity contribution < 1.29 is 24.1 Å². The van der Waals surface area contributed by atoms with E-state index in [0.717, 1.165) is 31.2 Å². The van der Waals surface area contributed by atoms with Crippen LogP contribution >= 0.6 is 8.69 Å². The van der Waals surface area contributed by atoms with Crippen molar-refractivity contribution in [3.8, 4) is 0 Å². The molecule has 1 aromatic rings. The number of carbonyl (C=O) groups is 1. The van der Waals surface area contributed by atoms with Crippen molar-refractivity contribution in [1.82, 2.24) is 5.32 Å². The first-order valence-corrected chi connectivity index (χ1v) is 9.97. The lowest BCUT2D eigenvalue weighted by Gasteiger charge is -2.30. The van der Waals surface area contributed by atoms with E-state index >= 15 is 0 Å². The van der Waals surface area contributed by atoms with Gasteiger partial charge in [-0.05, 0) is 43.4 Å². The topological polar surface area (TPSA) is 95.9 Å². The number of hydrogen-bond donors (Lipinski definition) is 3. The molecule has 1 saturated carbocycles. The van der Waals surface area contributed by atoms with Gasteiger partial charge in [-0.25, -0.2) is 9.36 Å². The molecule has 1 fully saturated rings. The predicted octanol–water partition coefficient (Wildman–Crippen LogP) is 3.96. The fourth-order valence-electron chi connectivity index (χ4n) is 3.61. The highest BCUT2D eigenvalue weighted by atomic mass is 31.1. The van der Waals surface area contributed by atoms with E-state index in [4.69, 9.17) is 9.63 Å². The molecule has 26 heavy (non-hydrogen) atoms. The van der Waals surface area contributed by atoms with Crippen LogP contribution in [0.4, 0.5) is 0 Å². The van der Waals surface area contributed by atoms with Crippen molar-refractivity contribution >= 4 is 14.7 Å². The second-order valence-corrected chi connectivity index (χ2v) is 7.43. The number of aliphatic hydroxyl groups is 1. The molecule has 2 unspecified atom stereocenters. The van der Waals surface area contributed by atoms with Gasteiger partial charge in [-0.1, -0.05) is 31.4 Å². The molecule has 0 aliphatic heterocycles. The molecule has 1 aromatic carbocycles. The van der Waals surface area contributed by atoms with Gasteiger partial charge in [0.1, 0.15) is 0 Å². The number of benzene rings is 1. The lowest BCUT2D eigenvalue weighted by molar-refractivity contribution is 0.0544. The van der Waals surface area contributed by atoms with Crippen LogP contribution in [-0.2, 0) is 9.09 Å². The SMILES string of the molecule is CC(NC[C@@H](O)CC(OP=O)C1CCCCC1)c1cccc(C(=O)O)c1. The standard InChI is InChI=1S/C19H28NO5P/c1-13(15-8-5-9-16(10-15)19(22)23)20-12-17(21)11-18(25-26-24)14-6-3-2-4-7-14/h5,8-10,13-14,17-18,20-21H,2-4,6-7,11-12H2,1H3,(H,22,23)/t13?,17-,18?/m0/s1. The van der Waals surface area contributed by atoms with Gasteiger partial charge in [0.2, 0.25) is 0 Å². The van der Waals surface area contributed by atoms with Gasteiger partial charge in [-0.15, -0.1) is 0 Å². The first-order chi connectivity index (χ1) is 12.5. The Bertz CT molecular complexity index is 591. The zero-order valence-electron chi connectivity index (χ0n) is 15.1. The van der Waals surface area contributed by atoms with E-state index < -0.39 is 12.1 Å². The summed E-state index contributed by atoms with van der Waals surface area (Å²) >= 11 is 0. The summed E-state index contributed by atoms with van der Waals surface area (Å²) in [6.07, 6.45) is 5.28. The quantitative estimate of drug-likeness (QED) is 0.531. The highest BCUT2D eigenvalue weighted by molar-refractivity contribution is 7.17. The summed E-state index contributed by atoms with van der Waals surface area (Å²) in [7, 11) is -0.335. The minimum atomic E-state index is -0.955. The monoisotopic (exact) mass is 381 g/mol. The summed E-state index contributed by atoms with van der Waals surface area (Å²) in [5, 5.41) is 22.7. The number of carboxylic acid groups (broad SMARTS) is 1. The van der Waals surface area contributed by atoms with Crippen LogP contribution in [-0.4, -0.2) is 34.9 Å². The molecule has 3 atom stereocenters. The van der Waals surface area contributed by atoms with E-state index in [1.807, 2.05) is 13.0 Å². The van der Waals surface area contributed by atoms with Crippen LogP contribution in [0, 0.1) is 5.92 Å². The van der Waals surface area contributed by atoms with Crippen LogP contribution in [0.25, 0.3) is 0 Å². The molecule has 1 aliphatic carbocycles. The zero-order valence-corrected chi connectivity index (χ0v) is 16.0. The molecule has 1 aliphatic rings. The molecule has 0 saturated heterocycles. The summed E-state index contributed by atoms with van der Waals surface area (Å²) in [4.78, 5) is 11.1. The molecular formula is C19H28NO5P. The van der Waals surface area contributed by atoms with Gasteiger partial charge in [0.05, 0.1) is 17.8 Å². The maximum atomic E-state index is 11.1. The minimum Gasteiger partial charge on any atom is -0.478 e. The molecule has 0 aromatic heterocycles. The second kappa shape index (κ2) is 10.7. The number of rotatable bonds is 10. The molecule has 7 heteroatoms. The largest absolute Gasteiger partial charge is 0.478 e. The molecular weight excluding hydrogens is 353 g/mol. The van der Waals surface area contributed by atoms with Crippen LogP contribution in [0.15, 0.2) is 24.3 Å². The first-order valence-electron chi connectivity index (χ1n) is 9.24. The van der Waals surface area contributed by atoms with Crippen molar-refractivity contribution in [2.24, 2.45) is 5.92 Å². The third-order valence-electron chi connectivity index (χ3n) is 5.15. The average Bonchev–Trinajstić information content (AvgIpc) is 2.66. The Balaban J connectivity index is 1.85. The third-order valence-corrected chi connectivity index (χ3v) is 5.51. The van der Waals surface area contributed by atoms with Crippen LogP contribution in [0.2, 0.25) is 0 Å². The number of carboxylic acids is 1. The van der Waals surface area contributed by atoms with Crippen LogP contribution in [0.5, 0.6) is 0 Å². The number of hydrogen-bond acceptors (Lipinski definition) is 5. The summed E-state index contributed by atoms with van der Waals surface area (Å²) in [5.41, 5.74) is 1.10. The smallest absolute Gasteiger partial charge is 0.335 e. The third kappa shape index (κ3) is 6.44. The number of nitrogens with one attached hydrogen (secondary N) is 1. The summed E-state index contributed by atoms with van der Waals surface area (Å²) < 4.78 is 16.3. The Morgan fingerprint density at radius 2 is 2.08 bits per heavy atom. The predicted molar refractivity (Wildman–Crippen MR) is 99.5 cm³/mol. The van der Waals surface area contributed by atoms with Gasteiger partial charge in [0.15, 0.2) is 0 Å². The molecule has 0 spiro atoms. The van der Waals surface area contributed by atoms with E-state index in [1.165, 1.54) is 6.42 Å². The average molecular weight is 381 g/mol. The molecule has 0 bridgehead atoms. The fourth-order valence-corrected chi connectivity index (χ4v) is 3.97. The van der Waals surface area contributed by atoms with Crippen molar-refractivity contribution in [3.63, 3.8) is 0 Å². The Hall–Kier alpha value is -1.33. The van der Waals surface area contributed by atoms with Gasteiger partial charge in [0.25, 0.3) is 0 Å². The van der Waals surface area contributed by atoms with Crippen LogP contribution < -0.4 is 5.32 Å². The second-order valence-electron chi connectivity index (χ2n) is 7.07. The summed E-state index contributed by atoms with van der Waals surface area (Å²) in [6, 6.07) is 6.68. The van der Waals surface area contributed by atoms with Crippen molar-refractivity contribution in [3.05, 3.63) is 35.4 Å². The van der Waals surface area contributed by atoms with E-state index in [-0.39, 0.29) is 26.4 Å². The van der Waals surface area contributed by atoms with Gasteiger partial charge < -0.3 is 15.5 Å². The summed E-state index contributed by atoms with van der Waals surface area (Å²) in [5.74, 6) is -0.604. The number of aliphatic hydroxyl groups excluding tert-OH is 1. The van der Waals surface area contributed by atoms with Gasteiger partial charge >= 0.3 is 14.7 Å². The van der Waals surface area contributed by atoms with Gasteiger partial charge in [0, 0.05) is 19.0 Å². The maximum Gasteiger partial charge on any atom is 0.335 e. The molecule has 2 rings (SSSR count). The van der Waals surface area contributed by atoms with Crippen LogP contribution in [0.1, 0.15) is 67.4 Å². The molecule has 0 heterocycles. The molecule has 0 radical (unpaired) electrons. The summed E-state index contributed by atoms with van der Waals surface area (Å²) in [6.45, 7) is 2.29. The Labute approximate surface area is 156 Å². The zero-order chi connectivity index (χ0) is 18.9. The number of aromatic carboxylic acids is 1. The molecule has 3 N–H and O–H groups in total.